The maximum Gasteiger partial charge on any atom is 0.255 e. The number of fused-ring (bicyclic) bond motifs is 1. The molecule has 0 bridgehead atoms. The van der Waals surface area contributed by atoms with Gasteiger partial charge in [-0.15, -0.1) is 5.10 Å². The van der Waals surface area contributed by atoms with E-state index >= 15 is 0 Å². The van der Waals surface area contributed by atoms with Gasteiger partial charge in [0, 0.05) is 12.3 Å². The van der Waals surface area contributed by atoms with Crippen LogP contribution in [0.2, 0.25) is 0 Å². The zero-order valence-electron chi connectivity index (χ0n) is 5.89. The van der Waals surface area contributed by atoms with E-state index < -0.39 is 0 Å². The summed E-state index contributed by atoms with van der Waals surface area (Å²) in [5, 5.41) is 13.1. The fourth-order valence-electron chi connectivity index (χ4n) is 0.882. The highest BCUT2D eigenvalue weighted by atomic mass is 16.3. The maximum absolute atomic E-state index is 9.20. The number of rotatable bonds is 0. The number of hydrogen-bond acceptors (Lipinski definition) is 4. The van der Waals surface area contributed by atoms with Crippen LogP contribution in [0.1, 0.15) is 5.82 Å². The van der Waals surface area contributed by atoms with E-state index in [9.17, 15) is 5.11 Å². The SMILES string of the molecule is Cc1nc2nccc(O)n2n1. The van der Waals surface area contributed by atoms with Gasteiger partial charge in [-0.2, -0.15) is 9.50 Å². The maximum atomic E-state index is 9.20. The second kappa shape index (κ2) is 1.91. The number of aryl methyl sites for hydroxylation is 1. The molecule has 0 aromatic carbocycles. The van der Waals surface area contributed by atoms with Crippen molar-refractivity contribution in [1.82, 2.24) is 19.6 Å². The fraction of sp³-hybridized carbons (Fsp3) is 0.167. The van der Waals surface area contributed by atoms with Crippen LogP contribution in [-0.2, 0) is 0 Å². The summed E-state index contributed by atoms with van der Waals surface area (Å²) in [7, 11) is 0. The highest BCUT2D eigenvalue weighted by molar-refractivity contribution is 5.29. The first-order valence-electron chi connectivity index (χ1n) is 3.15. The second-order valence-electron chi connectivity index (χ2n) is 2.17. The van der Waals surface area contributed by atoms with Gasteiger partial charge in [0.05, 0.1) is 0 Å². The Bertz CT molecular complexity index is 394. The standard InChI is InChI=1S/C6H6N4O/c1-4-8-6-7-3-2-5(11)10(6)9-4/h2-3,11H,1H3. The number of nitrogens with zero attached hydrogens (tertiary/aromatic N) is 4. The molecule has 5 heteroatoms. The van der Waals surface area contributed by atoms with Crippen LogP contribution in [0.3, 0.4) is 0 Å². The third-order valence-corrected chi connectivity index (χ3v) is 1.33. The Kier molecular flexibility index (Phi) is 1.06. The first-order chi connectivity index (χ1) is 5.27. The molecule has 56 valence electrons. The van der Waals surface area contributed by atoms with Crippen LogP contribution < -0.4 is 0 Å². The predicted molar refractivity (Wildman–Crippen MR) is 37.2 cm³/mol. The lowest BCUT2D eigenvalue weighted by Crippen LogP contribution is -1.89. The van der Waals surface area contributed by atoms with E-state index in [1.54, 1.807) is 6.92 Å². The highest BCUT2D eigenvalue weighted by Gasteiger charge is 2.02. The number of hydrogen-bond donors (Lipinski definition) is 1. The minimum Gasteiger partial charge on any atom is -0.493 e. The van der Waals surface area contributed by atoms with Gasteiger partial charge in [-0.1, -0.05) is 0 Å². The molecule has 2 heterocycles. The fourth-order valence-corrected chi connectivity index (χ4v) is 0.882. The molecule has 2 aromatic heterocycles. The van der Waals surface area contributed by atoms with Crippen molar-refractivity contribution in [2.45, 2.75) is 6.92 Å². The average molecular weight is 150 g/mol. The van der Waals surface area contributed by atoms with Crippen LogP contribution in [0, 0.1) is 6.92 Å². The third kappa shape index (κ3) is 0.813. The Hall–Kier alpha value is -1.65. The molecule has 2 rings (SSSR count). The molecule has 0 aliphatic carbocycles. The molecule has 0 saturated heterocycles. The Morgan fingerprint density at radius 1 is 1.55 bits per heavy atom. The van der Waals surface area contributed by atoms with E-state index in [2.05, 4.69) is 15.1 Å². The molecule has 0 saturated carbocycles. The van der Waals surface area contributed by atoms with Gasteiger partial charge in [0.15, 0.2) is 0 Å². The van der Waals surface area contributed by atoms with Crippen molar-refractivity contribution in [2.24, 2.45) is 0 Å². The molecule has 0 unspecified atom stereocenters. The molecule has 0 amide bonds. The van der Waals surface area contributed by atoms with E-state index in [0.717, 1.165) is 0 Å². The van der Waals surface area contributed by atoms with Crippen molar-refractivity contribution in [3.05, 3.63) is 18.1 Å². The van der Waals surface area contributed by atoms with Crippen LogP contribution in [0.25, 0.3) is 5.78 Å². The molecule has 0 spiro atoms. The van der Waals surface area contributed by atoms with Gasteiger partial charge in [0.1, 0.15) is 5.82 Å². The van der Waals surface area contributed by atoms with E-state index in [1.807, 2.05) is 0 Å². The van der Waals surface area contributed by atoms with Crippen molar-refractivity contribution in [3.8, 4) is 5.88 Å². The van der Waals surface area contributed by atoms with Gasteiger partial charge in [-0.05, 0) is 6.92 Å². The van der Waals surface area contributed by atoms with E-state index in [1.165, 1.54) is 16.8 Å². The lowest BCUT2D eigenvalue weighted by molar-refractivity contribution is 0.435. The molecule has 0 aliphatic heterocycles. The Morgan fingerprint density at radius 2 is 2.36 bits per heavy atom. The van der Waals surface area contributed by atoms with Crippen LogP contribution >= 0.6 is 0 Å². The van der Waals surface area contributed by atoms with E-state index in [4.69, 9.17) is 0 Å². The van der Waals surface area contributed by atoms with Gasteiger partial charge < -0.3 is 5.11 Å². The van der Waals surface area contributed by atoms with Gasteiger partial charge >= 0.3 is 0 Å². The van der Waals surface area contributed by atoms with Gasteiger partial charge in [-0.3, -0.25) is 0 Å². The number of aromatic nitrogens is 4. The molecular weight excluding hydrogens is 144 g/mol. The molecule has 0 aliphatic rings. The largest absolute Gasteiger partial charge is 0.493 e. The summed E-state index contributed by atoms with van der Waals surface area (Å²) in [6.07, 6.45) is 1.48. The monoisotopic (exact) mass is 150 g/mol. The molecule has 0 atom stereocenters. The zero-order chi connectivity index (χ0) is 7.84. The third-order valence-electron chi connectivity index (χ3n) is 1.33. The minimum absolute atomic E-state index is 0.0515. The summed E-state index contributed by atoms with van der Waals surface area (Å²) in [4.78, 5) is 7.85. The molecular formula is C6H6N4O. The Balaban J connectivity index is 2.90. The van der Waals surface area contributed by atoms with Crippen molar-refractivity contribution in [3.63, 3.8) is 0 Å². The number of aromatic hydroxyl groups is 1. The first kappa shape index (κ1) is 6.09. The van der Waals surface area contributed by atoms with Crippen molar-refractivity contribution in [1.29, 1.82) is 0 Å². The Morgan fingerprint density at radius 3 is 3.09 bits per heavy atom. The van der Waals surface area contributed by atoms with Crippen molar-refractivity contribution in [2.75, 3.05) is 0 Å². The molecule has 0 radical (unpaired) electrons. The van der Waals surface area contributed by atoms with Crippen LogP contribution in [0.4, 0.5) is 0 Å². The topological polar surface area (TPSA) is 63.3 Å². The summed E-state index contributed by atoms with van der Waals surface area (Å²) in [6.45, 7) is 1.74. The lowest BCUT2D eigenvalue weighted by atomic mass is 10.6. The first-order valence-corrected chi connectivity index (χ1v) is 3.15. The molecule has 0 fully saturated rings. The van der Waals surface area contributed by atoms with E-state index in [-0.39, 0.29) is 5.88 Å². The molecule has 11 heavy (non-hydrogen) atoms. The Labute approximate surface area is 62.3 Å². The smallest absolute Gasteiger partial charge is 0.255 e. The minimum atomic E-state index is 0.0515. The second-order valence-corrected chi connectivity index (χ2v) is 2.17. The summed E-state index contributed by atoms with van der Waals surface area (Å²) >= 11 is 0. The normalized spacial score (nSPS) is 10.6. The molecule has 1 N–H and O–H groups in total. The van der Waals surface area contributed by atoms with Crippen LogP contribution in [0.15, 0.2) is 12.3 Å². The highest BCUT2D eigenvalue weighted by Crippen LogP contribution is 2.07. The molecule has 2 aromatic rings. The lowest BCUT2D eigenvalue weighted by Gasteiger charge is -1.91. The van der Waals surface area contributed by atoms with Crippen LogP contribution in [-0.4, -0.2) is 24.7 Å². The average Bonchev–Trinajstić information content (AvgIpc) is 2.31. The molecule has 5 nitrogen and oxygen atoms in total. The van der Waals surface area contributed by atoms with Gasteiger partial charge in [0.25, 0.3) is 5.78 Å². The van der Waals surface area contributed by atoms with E-state index in [0.29, 0.717) is 11.6 Å². The zero-order valence-corrected chi connectivity index (χ0v) is 5.89. The quantitative estimate of drug-likeness (QED) is 0.580. The predicted octanol–water partition coefficient (Wildman–Crippen LogP) is 0.138. The summed E-state index contributed by atoms with van der Waals surface area (Å²) in [5.74, 6) is 1.07. The van der Waals surface area contributed by atoms with Gasteiger partial charge in [0.2, 0.25) is 5.88 Å². The summed E-state index contributed by atoms with van der Waals surface area (Å²) in [5.41, 5.74) is 0. The van der Waals surface area contributed by atoms with Crippen molar-refractivity contribution >= 4 is 5.78 Å². The van der Waals surface area contributed by atoms with Crippen molar-refractivity contribution < 1.29 is 5.11 Å². The summed E-state index contributed by atoms with van der Waals surface area (Å²) < 4.78 is 1.29. The van der Waals surface area contributed by atoms with Gasteiger partial charge in [-0.25, -0.2) is 4.98 Å². The summed E-state index contributed by atoms with van der Waals surface area (Å²) in [6, 6.07) is 1.46. The van der Waals surface area contributed by atoms with Crippen LogP contribution in [0.5, 0.6) is 5.88 Å².